The molecule has 530 valence electrons. The van der Waals surface area contributed by atoms with Gasteiger partial charge in [0.05, 0.1) is 123 Å². The van der Waals surface area contributed by atoms with Crippen LogP contribution in [-0.4, -0.2) is 268 Å². The molecule has 5 fully saturated rings. The molecule has 4 saturated heterocycles. The SMILES string of the molecule is CC(C)CS(=O)(=O)CC(CC(=O)N1CCOCC1)C(=O)O.O=C(O)C(CC(=O)N1CCOCC1)CS(=O)(=O)CC1CC1.O=C(O)C(CC(=O)N1CCOCC1)CS(=O)(=O)Cc1ccccc1.O=C(O)C(CC(=O)N1CCOCC1)CS(=O)(=O)Cc1ccccc1OC(F)F. The summed E-state index contributed by atoms with van der Waals surface area (Å²) in [6.07, 6.45) is 0.451. The van der Waals surface area contributed by atoms with E-state index in [2.05, 4.69) is 4.74 Å². The number of carboxylic acids is 4. The van der Waals surface area contributed by atoms with Crippen LogP contribution in [0.1, 0.15) is 63.5 Å². The van der Waals surface area contributed by atoms with Gasteiger partial charge in [0.1, 0.15) is 5.75 Å². The minimum Gasteiger partial charge on any atom is -0.481 e. The number of carboxylic acid groups (broad SMARTS) is 4. The molecule has 35 heteroatoms. The van der Waals surface area contributed by atoms with Crippen LogP contribution in [0.5, 0.6) is 5.75 Å². The monoisotopic (exact) mass is 1420 g/mol. The Morgan fingerprint density at radius 1 is 0.447 bits per heavy atom. The Morgan fingerprint density at radius 2 is 0.755 bits per heavy atom. The summed E-state index contributed by atoms with van der Waals surface area (Å²) in [6.45, 7) is 6.75. The summed E-state index contributed by atoms with van der Waals surface area (Å²) in [5.74, 6) is -15.0. The number of aliphatic carboxylic acids is 4. The predicted octanol–water partition coefficient (Wildman–Crippen LogP) is 1.47. The van der Waals surface area contributed by atoms with Gasteiger partial charge in [-0.3, -0.25) is 38.4 Å². The van der Waals surface area contributed by atoms with Crippen molar-refractivity contribution in [3.63, 3.8) is 0 Å². The van der Waals surface area contributed by atoms with Gasteiger partial charge in [0.25, 0.3) is 0 Å². The van der Waals surface area contributed by atoms with Crippen LogP contribution in [0.4, 0.5) is 8.78 Å². The average Bonchev–Trinajstić information content (AvgIpc) is 1.23. The Labute approximate surface area is 546 Å². The zero-order valence-corrected chi connectivity index (χ0v) is 55.8. The lowest BCUT2D eigenvalue weighted by molar-refractivity contribution is -0.146. The fraction of sp³-hybridized carbons (Fsp3) is 0.661. The number of benzene rings is 2. The Hall–Kier alpha value is -6.50. The van der Waals surface area contributed by atoms with Crippen LogP contribution in [0.15, 0.2) is 54.6 Å². The minimum atomic E-state index is -4.01. The molecule has 4 unspecified atom stereocenters. The van der Waals surface area contributed by atoms with Crippen LogP contribution in [-0.2, 0) is 108 Å². The molecule has 4 heterocycles. The fourth-order valence-corrected chi connectivity index (χ4v) is 17.5. The van der Waals surface area contributed by atoms with Crippen molar-refractivity contribution in [3.05, 3.63) is 65.7 Å². The highest BCUT2D eigenvalue weighted by Gasteiger charge is 2.36. The number of carbonyl (C=O) groups is 8. The number of hydrogen-bond donors (Lipinski definition) is 4. The van der Waals surface area contributed by atoms with E-state index in [-0.39, 0.29) is 77.4 Å². The van der Waals surface area contributed by atoms with Crippen molar-refractivity contribution in [3.8, 4) is 5.75 Å². The van der Waals surface area contributed by atoms with Crippen molar-refractivity contribution >= 4 is 86.9 Å². The number of carbonyl (C=O) groups excluding carboxylic acids is 4. The smallest absolute Gasteiger partial charge is 0.387 e. The van der Waals surface area contributed by atoms with E-state index in [0.717, 1.165) is 12.8 Å². The Balaban J connectivity index is 0.000000269. The van der Waals surface area contributed by atoms with Crippen molar-refractivity contribution in [2.45, 2.75) is 70.5 Å². The number of nitrogens with zero attached hydrogens (tertiary/aromatic N) is 4. The topological polar surface area (TPSA) is 413 Å². The van der Waals surface area contributed by atoms with E-state index in [4.69, 9.17) is 24.1 Å². The maximum Gasteiger partial charge on any atom is 0.387 e. The molecule has 5 aliphatic rings. The predicted molar refractivity (Wildman–Crippen MR) is 332 cm³/mol. The second kappa shape index (κ2) is 38.9. The Kier molecular flexibility index (Phi) is 33.1. The quantitative estimate of drug-likeness (QED) is 0.0860. The summed E-state index contributed by atoms with van der Waals surface area (Å²) >= 11 is 0. The van der Waals surface area contributed by atoms with Gasteiger partial charge in [-0.1, -0.05) is 62.4 Å². The van der Waals surface area contributed by atoms with E-state index < -0.39 is 135 Å². The Bertz CT molecular complexity index is 3200. The maximum absolute atomic E-state index is 12.5. The van der Waals surface area contributed by atoms with Crippen LogP contribution in [0.25, 0.3) is 0 Å². The highest BCUT2D eigenvalue weighted by molar-refractivity contribution is 7.92. The van der Waals surface area contributed by atoms with Crippen LogP contribution in [0.2, 0.25) is 0 Å². The molecule has 4 atom stereocenters. The van der Waals surface area contributed by atoms with Crippen molar-refractivity contribution < 1.29 is 125 Å². The molecule has 0 radical (unpaired) electrons. The second-order valence-corrected chi connectivity index (χ2v) is 32.0. The molecule has 0 bridgehead atoms. The number of morpholine rings is 4. The van der Waals surface area contributed by atoms with Gasteiger partial charge in [-0.15, -0.1) is 0 Å². The van der Waals surface area contributed by atoms with Gasteiger partial charge in [0.15, 0.2) is 39.3 Å². The standard InChI is InChI=1S/C17H21F2NO7S.C16H21NO6S.C13H21NO6S.C13H23NO6S/c18-17(19)27-14-4-2-1-3-12(14)10-28(24,25)11-13(16(22)23)9-15(21)20-5-7-26-8-6-20;18-15(17-6-8-23-9-7-17)10-14(16(19)20)12-24(21,22)11-13-4-2-1-3-5-13;15-12(14-3-5-20-6-4-14)7-11(13(16)17)9-21(18,19)8-10-1-2-10;1-10(2)8-21(18,19)9-11(13(16)17)7-12(15)14-3-5-20-6-4-14/h1-4,13,17H,5-11H2,(H,22,23);1-5,14H,6-12H2,(H,19,20);10-11H,1-9H2,(H,16,17);10-11H,3-9H2,1-2H3,(H,16,17). The number of hydrogen-bond acceptors (Lipinski definition) is 21. The first-order valence-corrected chi connectivity index (χ1v) is 37.6. The molecule has 1 saturated carbocycles. The summed E-state index contributed by atoms with van der Waals surface area (Å²) in [4.78, 5) is 99.8. The van der Waals surface area contributed by atoms with Gasteiger partial charge >= 0.3 is 30.5 Å². The van der Waals surface area contributed by atoms with Crippen molar-refractivity contribution in [2.24, 2.45) is 35.5 Å². The molecule has 1 aliphatic carbocycles. The molecule has 0 spiro atoms. The number of amides is 4. The third kappa shape index (κ3) is 31.4. The van der Waals surface area contributed by atoms with E-state index in [1.807, 2.05) is 0 Å². The molecule has 94 heavy (non-hydrogen) atoms. The van der Waals surface area contributed by atoms with E-state index >= 15 is 0 Å². The van der Waals surface area contributed by atoms with Crippen molar-refractivity contribution in [1.29, 1.82) is 0 Å². The van der Waals surface area contributed by atoms with Gasteiger partial charge in [-0.05, 0) is 36.3 Å². The molecule has 2 aromatic carbocycles. The van der Waals surface area contributed by atoms with Crippen LogP contribution in [0.3, 0.4) is 0 Å². The first kappa shape index (κ1) is 79.9. The Morgan fingerprint density at radius 3 is 1.07 bits per heavy atom. The molecule has 7 rings (SSSR count). The normalized spacial score (nSPS) is 17.7. The lowest BCUT2D eigenvalue weighted by atomic mass is 10.1. The van der Waals surface area contributed by atoms with Gasteiger partial charge in [-0.2, -0.15) is 8.78 Å². The lowest BCUT2D eigenvalue weighted by Gasteiger charge is -2.27. The van der Waals surface area contributed by atoms with E-state index in [9.17, 15) is 96.1 Å². The van der Waals surface area contributed by atoms with Gasteiger partial charge in [-0.25, -0.2) is 33.7 Å². The molecule has 4 amide bonds. The van der Waals surface area contributed by atoms with Crippen molar-refractivity contribution in [2.75, 3.05) is 140 Å². The average molecular weight is 1420 g/mol. The highest BCUT2D eigenvalue weighted by atomic mass is 32.2. The summed E-state index contributed by atoms with van der Waals surface area (Å²) in [5, 5.41) is 37.0. The summed E-state index contributed by atoms with van der Waals surface area (Å²) in [7, 11) is -14.5. The van der Waals surface area contributed by atoms with E-state index in [1.165, 1.54) is 43.9 Å². The number of rotatable bonds is 30. The zero-order chi connectivity index (χ0) is 69.8. The second-order valence-electron chi connectivity index (χ2n) is 23.5. The molecular formula is C59H86F2N4O25S4. The largest absolute Gasteiger partial charge is 0.481 e. The first-order valence-electron chi connectivity index (χ1n) is 30.3. The molecular weight excluding hydrogens is 1330 g/mol. The summed E-state index contributed by atoms with van der Waals surface area (Å²) < 4.78 is 147. The van der Waals surface area contributed by atoms with E-state index in [1.54, 1.807) is 44.2 Å². The minimum absolute atomic E-state index is 0.00792. The van der Waals surface area contributed by atoms with Gasteiger partial charge in [0, 0.05) is 83.6 Å². The fourth-order valence-electron chi connectivity index (χ4n) is 10.0. The maximum atomic E-state index is 12.5. The highest BCUT2D eigenvalue weighted by Crippen LogP contribution is 2.31. The molecule has 2 aromatic rings. The number of ether oxygens (including phenoxy) is 5. The van der Waals surface area contributed by atoms with Crippen LogP contribution in [0, 0.1) is 35.5 Å². The molecule has 29 nitrogen and oxygen atoms in total. The summed E-state index contributed by atoms with van der Waals surface area (Å²) in [5.41, 5.74) is 0.590. The molecule has 4 aliphatic heterocycles. The van der Waals surface area contributed by atoms with Crippen LogP contribution >= 0.6 is 0 Å². The number of para-hydroxylation sites is 1. The first-order chi connectivity index (χ1) is 44.1. The third-order valence-electron chi connectivity index (χ3n) is 14.9. The van der Waals surface area contributed by atoms with Crippen molar-refractivity contribution in [1.82, 2.24) is 19.6 Å². The van der Waals surface area contributed by atoms with Gasteiger partial charge in [0.2, 0.25) is 23.6 Å². The summed E-state index contributed by atoms with van der Waals surface area (Å²) in [6, 6.07) is 13.9. The van der Waals surface area contributed by atoms with Gasteiger partial charge < -0.3 is 63.7 Å². The molecule has 4 N–H and O–H groups in total. The third-order valence-corrected chi connectivity index (χ3v) is 22.2. The number of alkyl halides is 2. The molecule has 0 aromatic heterocycles. The lowest BCUT2D eigenvalue weighted by Crippen LogP contribution is -2.42. The van der Waals surface area contributed by atoms with E-state index in [0.29, 0.717) is 111 Å². The number of sulfone groups is 4. The zero-order valence-electron chi connectivity index (χ0n) is 52.5. The number of halogens is 2. The van der Waals surface area contributed by atoms with Crippen LogP contribution < -0.4 is 4.74 Å².